The van der Waals surface area contributed by atoms with Crippen LogP contribution < -0.4 is 11.1 Å². The lowest BCUT2D eigenvalue weighted by Gasteiger charge is -2.17. The minimum atomic E-state index is -1.10. The highest BCUT2D eigenvalue weighted by atomic mass is 16.2. The summed E-state index contributed by atoms with van der Waals surface area (Å²) in [7, 11) is 1.61. The first-order valence-electron chi connectivity index (χ1n) is 8.59. The first-order chi connectivity index (χ1) is 13.5. The molecule has 28 heavy (non-hydrogen) atoms. The summed E-state index contributed by atoms with van der Waals surface area (Å²) in [6, 6.07) is 13.3. The molecule has 1 atom stereocenters. The summed E-state index contributed by atoms with van der Waals surface area (Å²) >= 11 is 0. The lowest BCUT2D eigenvalue weighted by molar-refractivity contribution is -0.137. The Morgan fingerprint density at radius 1 is 1.11 bits per heavy atom. The number of carbonyl (C=O) groups is 3. The van der Waals surface area contributed by atoms with Gasteiger partial charge in [-0.3, -0.25) is 24.0 Å². The van der Waals surface area contributed by atoms with Crippen LogP contribution in [0.25, 0.3) is 11.3 Å². The zero-order valence-electron chi connectivity index (χ0n) is 15.2. The number of nitrogens with zero attached hydrogens (tertiary/aromatic N) is 3. The summed E-state index contributed by atoms with van der Waals surface area (Å²) in [5, 5.41) is 6.75. The van der Waals surface area contributed by atoms with Gasteiger partial charge < -0.3 is 11.1 Å². The number of aromatic nitrogens is 3. The van der Waals surface area contributed by atoms with Gasteiger partial charge in [0.2, 0.25) is 5.78 Å². The highest BCUT2D eigenvalue weighted by Crippen LogP contribution is 2.21. The molecule has 0 spiro atoms. The van der Waals surface area contributed by atoms with E-state index in [4.69, 9.17) is 5.73 Å². The highest BCUT2D eigenvalue weighted by Gasteiger charge is 2.28. The number of Topliss-reactive ketones (excluding diaryl/α,β-unsaturated/α-hetero) is 1. The van der Waals surface area contributed by atoms with Crippen LogP contribution in [-0.2, 0) is 23.1 Å². The van der Waals surface area contributed by atoms with Crippen LogP contribution in [0.15, 0.2) is 60.9 Å². The standard InChI is InChI=1S/C20H19N5O3/c1-25-17(14(12-23-25)15-9-5-6-10-22-15)20(28)24-16(18(26)19(21)27)11-13-7-3-2-4-8-13/h2-10,12,16H,11H2,1H3,(H2,21,27)(H,24,28). The summed E-state index contributed by atoms with van der Waals surface area (Å²) in [6.07, 6.45) is 3.28. The third-order valence-electron chi connectivity index (χ3n) is 4.24. The Bertz CT molecular complexity index is 999. The molecule has 0 aliphatic carbocycles. The Morgan fingerprint density at radius 2 is 1.82 bits per heavy atom. The smallest absolute Gasteiger partial charge is 0.287 e. The molecule has 0 fully saturated rings. The number of benzene rings is 1. The van der Waals surface area contributed by atoms with E-state index in [2.05, 4.69) is 15.4 Å². The van der Waals surface area contributed by atoms with Crippen molar-refractivity contribution in [3.8, 4) is 11.3 Å². The summed E-state index contributed by atoms with van der Waals surface area (Å²) in [6.45, 7) is 0. The van der Waals surface area contributed by atoms with E-state index < -0.39 is 23.6 Å². The van der Waals surface area contributed by atoms with Crippen molar-refractivity contribution in [2.24, 2.45) is 12.8 Å². The van der Waals surface area contributed by atoms with Gasteiger partial charge in [-0.05, 0) is 17.7 Å². The van der Waals surface area contributed by atoms with Crippen molar-refractivity contribution >= 4 is 17.6 Å². The molecule has 2 amide bonds. The van der Waals surface area contributed by atoms with Gasteiger partial charge in [0.1, 0.15) is 11.7 Å². The monoisotopic (exact) mass is 377 g/mol. The van der Waals surface area contributed by atoms with Gasteiger partial charge in [-0.2, -0.15) is 5.10 Å². The fourth-order valence-electron chi connectivity index (χ4n) is 2.87. The van der Waals surface area contributed by atoms with Crippen LogP contribution in [0.3, 0.4) is 0 Å². The van der Waals surface area contributed by atoms with E-state index in [0.717, 1.165) is 5.56 Å². The van der Waals surface area contributed by atoms with Gasteiger partial charge in [0.25, 0.3) is 11.8 Å². The minimum absolute atomic E-state index is 0.144. The van der Waals surface area contributed by atoms with Crippen LogP contribution >= 0.6 is 0 Å². The van der Waals surface area contributed by atoms with Crippen LogP contribution in [0.4, 0.5) is 0 Å². The molecule has 1 unspecified atom stereocenters. The number of rotatable bonds is 7. The number of nitrogens with one attached hydrogen (secondary N) is 1. The minimum Gasteiger partial charge on any atom is -0.363 e. The van der Waals surface area contributed by atoms with Crippen molar-refractivity contribution in [3.63, 3.8) is 0 Å². The van der Waals surface area contributed by atoms with Crippen LogP contribution in [-0.4, -0.2) is 38.4 Å². The van der Waals surface area contributed by atoms with Gasteiger partial charge in [-0.15, -0.1) is 0 Å². The number of hydrogen-bond acceptors (Lipinski definition) is 5. The van der Waals surface area contributed by atoms with Crippen molar-refractivity contribution in [1.82, 2.24) is 20.1 Å². The van der Waals surface area contributed by atoms with Crippen LogP contribution in [0.2, 0.25) is 0 Å². The number of hydrogen-bond donors (Lipinski definition) is 2. The van der Waals surface area contributed by atoms with Crippen molar-refractivity contribution in [3.05, 3.63) is 72.2 Å². The van der Waals surface area contributed by atoms with E-state index in [1.54, 1.807) is 43.6 Å². The molecule has 0 bridgehead atoms. The molecular formula is C20H19N5O3. The molecular weight excluding hydrogens is 358 g/mol. The Balaban J connectivity index is 1.89. The van der Waals surface area contributed by atoms with Gasteiger partial charge in [0.15, 0.2) is 0 Å². The van der Waals surface area contributed by atoms with Gasteiger partial charge in [0.05, 0.1) is 17.5 Å². The van der Waals surface area contributed by atoms with E-state index in [-0.39, 0.29) is 12.1 Å². The second-order valence-electron chi connectivity index (χ2n) is 6.19. The van der Waals surface area contributed by atoms with Crippen molar-refractivity contribution in [2.45, 2.75) is 12.5 Å². The van der Waals surface area contributed by atoms with E-state index in [9.17, 15) is 14.4 Å². The number of ketones is 1. The van der Waals surface area contributed by atoms with Crippen LogP contribution in [0.5, 0.6) is 0 Å². The molecule has 8 heteroatoms. The SMILES string of the molecule is Cn1ncc(-c2ccccn2)c1C(=O)NC(Cc1ccccc1)C(=O)C(N)=O. The maximum absolute atomic E-state index is 12.9. The molecule has 2 heterocycles. The predicted octanol–water partition coefficient (Wildman–Crippen LogP) is 0.878. The number of primary amides is 1. The average Bonchev–Trinajstić information content (AvgIpc) is 3.10. The normalized spacial score (nSPS) is 11.6. The predicted molar refractivity (Wildman–Crippen MR) is 102 cm³/mol. The van der Waals surface area contributed by atoms with Crippen LogP contribution in [0.1, 0.15) is 16.1 Å². The fourth-order valence-corrected chi connectivity index (χ4v) is 2.87. The number of amides is 2. The molecule has 3 aromatic rings. The lowest BCUT2D eigenvalue weighted by Crippen LogP contribution is -2.47. The Kier molecular flexibility index (Phi) is 5.59. The first-order valence-corrected chi connectivity index (χ1v) is 8.59. The third kappa shape index (κ3) is 4.12. The molecule has 0 saturated carbocycles. The highest BCUT2D eigenvalue weighted by molar-refractivity contribution is 6.38. The number of aryl methyl sites for hydroxylation is 1. The summed E-state index contributed by atoms with van der Waals surface area (Å²) in [5.41, 5.74) is 7.28. The Hall–Kier alpha value is -3.81. The lowest BCUT2D eigenvalue weighted by atomic mass is 10.0. The number of carbonyl (C=O) groups excluding carboxylic acids is 3. The van der Waals surface area contributed by atoms with Gasteiger partial charge >= 0.3 is 0 Å². The summed E-state index contributed by atoms with van der Waals surface area (Å²) < 4.78 is 1.40. The molecule has 1 aromatic carbocycles. The second-order valence-corrected chi connectivity index (χ2v) is 6.19. The molecule has 8 nitrogen and oxygen atoms in total. The molecule has 0 aliphatic rings. The zero-order chi connectivity index (χ0) is 20.1. The molecule has 2 aromatic heterocycles. The first kappa shape index (κ1) is 19.0. The molecule has 0 radical (unpaired) electrons. The maximum atomic E-state index is 12.9. The van der Waals surface area contributed by atoms with E-state index in [1.807, 2.05) is 18.2 Å². The molecule has 3 rings (SSSR count). The van der Waals surface area contributed by atoms with E-state index >= 15 is 0 Å². The Morgan fingerprint density at radius 3 is 2.46 bits per heavy atom. The largest absolute Gasteiger partial charge is 0.363 e. The molecule has 0 saturated heterocycles. The molecule has 142 valence electrons. The second kappa shape index (κ2) is 8.26. The maximum Gasteiger partial charge on any atom is 0.287 e. The van der Waals surface area contributed by atoms with Gasteiger partial charge in [-0.1, -0.05) is 36.4 Å². The van der Waals surface area contributed by atoms with E-state index in [1.165, 1.54) is 10.9 Å². The Labute approximate surface area is 161 Å². The number of pyridine rings is 1. The quantitative estimate of drug-likeness (QED) is 0.592. The van der Waals surface area contributed by atoms with E-state index in [0.29, 0.717) is 11.3 Å². The average molecular weight is 377 g/mol. The summed E-state index contributed by atoms with van der Waals surface area (Å²) in [4.78, 5) is 40.9. The van der Waals surface area contributed by atoms with Gasteiger partial charge in [0, 0.05) is 19.7 Å². The van der Waals surface area contributed by atoms with Crippen molar-refractivity contribution in [2.75, 3.05) is 0 Å². The molecule has 0 aliphatic heterocycles. The van der Waals surface area contributed by atoms with Crippen molar-refractivity contribution in [1.29, 1.82) is 0 Å². The summed E-state index contributed by atoms with van der Waals surface area (Å²) in [5.74, 6) is -2.51. The van der Waals surface area contributed by atoms with Gasteiger partial charge in [-0.25, -0.2) is 0 Å². The zero-order valence-corrected chi connectivity index (χ0v) is 15.2. The molecule has 3 N–H and O–H groups in total. The van der Waals surface area contributed by atoms with Crippen LogP contribution in [0, 0.1) is 0 Å². The third-order valence-corrected chi connectivity index (χ3v) is 4.24. The topological polar surface area (TPSA) is 120 Å². The fraction of sp³-hybridized carbons (Fsp3) is 0.150. The van der Waals surface area contributed by atoms with Crippen molar-refractivity contribution < 1.29 is 14.4 Å². The number of nitrogens with two attached hydrogens (primary N) is 1.